The number of carbonyl (C=O) groups is 2. The minimum absolute atomic E-state index is 0.0864. The summed E-state index contributed by atoms with van der Waals surface area (Å²) in [5.41, 5.74) is 2.28. The van der Waals surface area contributed by atoms with Crippen LogP contribution < -0.4 is 20.1 Å². The lowest BCUT2D eigenvalue weighted by Crippen LogP contribution is -2.13. The van der Waals surface area contributed by atoms with Crippen molar-refractivity contribution >= 4 is 23.2 Å². The molecule has 2 aromatic rings. The highest BCUT2D eigenvalue weighted by atomic mass is 16.5. The second-order valence-corrected chi connectivity index (χ2v) is 5.75. The molecular weight excluding hydrogens is 320 g/mol. The van der Waals surface area contributed by atoms with E-state index in [1.165, 1.54) is 0 Å². The van der Waals surface area contributed by atoms with Crippen LogP contribution in [0.5, 0.6) is 11.5 Å². The van der Waals surface area contributed by atoms with Crippen LogP contribution in [0, 0.1) is 0 Å². The van der Waals surface area contributed by atoms with Crippen LogP contribution in [-0.2, 0) is 16.0 Å². The fourth-order valence-electron chi connectivity index (χ4n) is 2.57. The molecule has 3 rings (SSSR count). The summed E-state index contributed by atoms with van der Waals surface area (Å²) in [7, 11) is 1.62. The lowest BCUT2D eigenvalue weighted by atomic mass is 10.1. The van der Waals surface area contributed by atoms with Gasteiger partial charge >= 0.3 is 0 Å². The molecule has 0 aliphatic carbocycles. The van der Waals surface area contributed by atoms with Crippen LogP contribution in [0.2, 0.25) is 0 Å². The van der Waals surface area contributed by atoms with Gasteiger partial charge in [-0.15, -0.1) is 0 Å². The Hall–Kier alpha value is -3.02. The molecule has 25 heavy (non-hydrogen) atoms. The Bertz CT molecular complexity index is 771. The number of nitrogens with one attached hydrogen (secondary N) is 2. The number of carbonyl (C=O) groups excluding carboxylic acids is 2. The molecule has 1 aliphatic heterocycles. The largest absolute Gasteiger partial charge is 0.497 e. The number of aryl methyl sites for hydroxylation is 1. The Kier molecular flexibility index (Phi) is 5.18. The zero-order valence-corrected chi connectivity index (χ0v) is 14.0. The number of ether oxygens (including phenoxy) is 2. The zero-order valence-electron chi connectivity index (χ0n) is 14.0. The molecule has 6 heteroatoms. The van der Waals surface area contributed by atoms with E-state index < -0.39 is 0 Å². The molecule has 0 aromatic heterocycles. The Morgan fingerprint density at radius 1 is 1.24 bits per heavy atom. The number of hydrogen-bond acceptors (Lipinski definition) is 4. The molecule has 0 unspecified atom stereocenters. The van der Waals surface area contributed by atoms with Crippen molar-refractivity contribution in [2.45, 2.75) is 19.3 Å². The lowest BCUT2D eigenvalue weighted by Gasteiger charge is -2.10. The van der Waals surface area contributed by atoms with E-state index in [0.29, 0.717) is 43.0 Å². The highest BCUT2D eigenvalue weighted by Crippen LogP contribution is 2.30. The predicted octanol–water partition coefficient (Wildman–Crippen LogP) is 2.99. The van der Waals surface area contributed by atoms with Crippen LogP contribution in [0.1, 0.15) is 18.4 Å². The molecule has 1 aliphatic rings. The first-order chi connectivity index (χ1) is 12.1. The molecule has 0 bridgehead atoms. The molecule has 0 fully saturated rings. The minimum Gasteiger partial charge on any atom is -0.497 e. The maximum atomic E-state index is 12.2. The number of fused-ring (bicyclic) bond motifs is 1. The van der Waals surface area contributed by atoms with Crippen molar-refractivity contribution in [1.29, 1.82) is 0 Å². The van der Waals surface area contributed by atoms with Crippen LogP contribution in [-0.4, -0.2) is 25.5 Å². The molecule has 2 N–H and O–H groups in total. The third kappa shape index (κ3) is 4.50. The molecule has 0 radical (unpaired) electrons. The SMILES string of the molecule is COc1ccc(CCC(=O)Nc2ccc3c(c2)NC(=O)CCO3)cc1. The molecule has 2 amide bonds. The van der Waals surface area contributed by atoms with E-state index in [2.05, 4.69) is 10.6 Å². The van der Waals surface area contributed by atoms with Gasteiger partial charge in [0.1, 0.15) is 11.5 Å². The van der Waals surface area contributed by atoms with Crippen molar-refractivity contribution in [3.05, 3.63) is 48.0 Å². The maximum Gasteiger partial charge on any atom is 0.227 e. The van der Waals surface area contributed by atoms with Gasteiger partial charge in [0.05, 0.1) is 25.8 Å². The minimum atomic E-state index is -0.0956. The van der Waals surface area contributed by atoms with E-state index in [9.17, 15) is 9.59 Å². The zero-order chi connectivity index (χ0) is 17.6. The third-order valence-corrected chi connectivity index (χ3v) is 3.92. The van der Waals surface area contributed by atoms with Crippen LogP contribution >= 0.6 is 0 Å². The monoisotopic (exact) mass is 340 g/mol. The summed E-state index contributed by atoms with van der Waals surface area (Å²) in [6.07, 6.45) is 1.32. The summed E-state index contributed by atoms with van der Waals surface area (Å²) < 4.78 is 10.6. The topological polar surface area (TPSA) is 76.7 Å². The first-order valence-corrected chi connectivity index (χ1v) is 8.13. The van der Waals surface area contributed by atoms with Gasteiger partial charge < -0.3 is 20.1 Å². The highest BCUT2D eigenvalue weighted by Gasteiger charge is 2.14. The van der Waals surface area contributed by atoms with E-state index in [1.54, 1.807) is 25.3 Å². The van der Waals surface area contributed by atoms with E-state index in [0.717, 1.165) is 11.3 Å². The quantitative estimate of drug-likeness (QED) is 0.877. The third-order valence-electron chi connectivity index (χ3n) is 3.92. The van der Waals surface area contributed by atoms with Crippen LogP contribution in [0.4, 0.5) is 11.4 Å². The summed E-state index contributed by atoms with van der Waals surface area (Å²) in [6.45, 7) is 0.354. The Balaban J connectivity index is 1.58. The van der Waals surface area contributed by atoms with Crippen molar-refractivity contribution in [2.24, 2.45) is 0 Å². The Morgan fingerprint density at radius 3 is 2.80 bits per heavy atom. The van der Waals surface area contributed by atoms with Gasteiger partial charge in [0.25, 0.3) is 0 Å². The number of hydrogen-bond donors (Lipinski definition) is 2. The van der Waals surface area contributed by atoms with Gasteiger partial charge in [-0.25, -0.2) is 0 Å². The Morgan fingerprint density at radius 2 is 2.04 bits per heavy atom. The summed E-state index contributed by atoms with van der Waals surface area (Å²) in [5, 5.41) is 5.63. The molecule has 0 saturated carbocycles. The smallest absolute Gasteiger partial charge is 0.227 e. The molecule has 130 valence electrons. The highest BCUT2D eigenvalue weighted by molar-refractivity contribution is 5.96. The van der Waals surface area contributed by atoms with E-state index in [4.69, 9.17) is 9.47 Å². The van der Waals surface area contributed by atoms with Crippen LogP contribution in [0.3, 0.4) is 0 Å². The van der Waals surface area contributed by atoms with Crippen LogP contribution in [0.25, 0.3) is 0 Å². The van der Waals surface area contributed by atoms with Crippen molar-refractivity contribution in [2.75, 3.05) is 24.4 Å². The second kappa shape index (κ2) is 7.70. The van der Waals surface area contributed by atoms with Gasteiger partial charge in [0.2, 0.25) is 11.8 Å². The summed E-state index contributed by atoms with van der Waals surface area (Å²) >= 11 is 0. The fourth-order valence-corrected chi connectivity index (χ4v) is 2.57. The lowest BCUT2D eigenvalue weighted by molar-refractivity contribution is -0.117. The summed E-state index contributed by atoms with van der Waals surface area (Å²) in [5.74, 6) is 1.22. The molecule has 0 saturated heterocycles. The molecule has 0 atom stereocenters. The number of benzene rings is 2. The number of methoxy groups -OCH3 is 1. The molecular formula is C19H20N2O4. The first-order valence-electron chi connectivity index (χ1n) is 8.13. The molecule has 0 spiro atoms. The normalized spacial score (nSPS) is 13.1. The van der Waals surface area contributed by atoms with Gasteiger partial charge in [0, 0.05) is 12.1 Å². The summed E-state index contributed by atoms with van der Waals surface area (Å²) in [4.78, 5) is 23.8. The van der Waals surface area contributed by atoms with E-state index in [1.807, 2.05) is 24.3 Å². The summed E-state index contributed by atoms with van der Waals surface area (Å²) in [6, 6.07) is 12.9. The van der Waals surface area contributed by atoms with Gasteiger partial charge in [-0.05, 0) is 42.3 Å². The van der Waals surface area contributed by atoms with Gasteiger partial charge in [-0.2, -0.15) is 0 Å². The van der Waals surface area contributed by atoms with E-state index >= 15 is 0 Å². The number of anilines is 2. The van der Waals surface area contributed by atoms with Crippen molar-refractivity contribution in [1.82, 2.24) is 0 Å². The van der Waals surface area contributed by atoms with Gasteiger partial charge in [-0.1, -0.05) is 12.1 Å². The number of rotatable bonds is 5. The van der Waals surface area contributed by atoms with Crippen molar-refractivity contribution in [3.63, 3.8) is 0 Å². The molecule has 6 nitrogen and oxygen atoms in total. The molecule has 1 heterocycles. The maximum absolute atomic E-state index is 12.2. The predicted molar refractivity (Wildman–Crippen MR) is 95.1 cm³/mol. The Labute approximate surface area is 146 Å². The molecule has 2 aromatic carbocycles. The van der Waals surface area contributed by atoms with Gasteiger partial charge in [0.15, 0.2) is 0 Å². The fraction of sp³-hybridized carbons (Fsp3) is 0.263. The first kappa shape index (κ1) is 16.8. The van der Waals surface area contributed by atoms with Crippen molar-refractivity contribution < 1.29 is 19.1 Å². The van der Waals surface area contributed by atoms with E-state index in [-0.39, 0.29) is 11.8 Å². The average Bonchev–Trinajstić information content (AvgIpc) is 2.80. The van der Waals surface area contributed by atoms with Crippen molar-refractivity contribution in [3.8, 4) is 11.5 Å². The van der Waals surface area contributed by atoms with Crippen LogP contribution in [0.15, 0.2) is 42.5 Å². The average molecular weight is 340 g/mol. The standard InChI is InChI=1S/C19H20N2O4/c1-24-15-6-2-13(3-7-15)4-9-18(22)20-14-5-8-17-16(12-14)21-19(23)10-11-25-17/h2-3,5-8,12H,4,9-11H2,1H3,(H,20,22)(H,21,23). The second-order valence-electron chi connectivity index (χ2n) is 5.75. The number of amides is 2. The van der Waals surface area contributed by atoms with Gasteiger partial charge in [-0.3, -0.25) is 9.59 Å².